The summed E-state index contributed by atoms with van der Waals surface area (Å²) in [6.07, 6.45) is 4.13. The summed E-state index contributed by atoms with van der Waals surface area (Å²) in [7, 11) is 0. The molecule has 2 aromatic heterocycles. The van der Waals surface area contributed by atoms with Crippen LogP contribution in [0.1, 0.15) is 16.2 Å². The summed E-state index contributed by atoms with van der Waals surface area (Å²) < 4.78 is 2.54. The van der Waals surface area contributed by atoms with Crippen LogP contribution in [0, 0.1) is 0 Å². The molecule has 0 amide bonds. The van der Waals surface area contributed by atoms with Gasteiger partial charge in [0.2, 0.25) is 0 Å². The van der Waals surface area contributed by atoms with Gasteiger partial charge in [-0.15, -0.1) is 11.3 Å². The van der Waals surface area contributed by atoms with Crippen molar-refractivity contribution in [3.8, 4) is 0 Å². The lowest BCUT2D eigenvalue weighted by Gasteiger charge is -2.00. The number of aldehydes is 1. The van der Waals surface area contributed by atoms with Crippen molar-refractivity contribution >= 4 is 29.2 Å². The summed E-state index contributed by atoms with van der Waals surface area (Å²) in [5, 5.41) is 1.97. The number of carbonyl (C=O) groups excluding carboxylic acids is 1. The fraction of sp³-hybridized carbons (Fsp3) is 0.111. The predicted molar refractivity (Wildman–Crippen MR) is 56.0 cm³/mol. The zero-order valence-corrected chi connectivity index (χ0v) is 8.76. The van der Waals surface area contributed by atoms with E-state index < -0.39 is 0 Å². The number of imidazole rings is 1. The summed E-state index contributed by atoms with van der Waals surface area (Å²) in [5.41, 5.74) is 1.08. The van der Waals surface area contributed by atoms with Crippen LogP contribution >= 0.6 is 22.9 Å². The minimum Gasteiger partial charge on any atom is -0.324 e. The summed E-state index contributed by atoms with van der Waals surface area (Å²) in [6, 6.07) is 1.89. The second kappa shape index (κ2) is 3.94. The van der Waals surface area contributed by atoms with Gasteiger partial charge < -0.3 is 4.57 Å². The fourth-order valence-corrected chi connectivity index (χ4v) is 2.10. The highest BCUT2D eigenvalue weighted by Gasteiger charge is 2.03. The Bertz CT molecular complexity index is 449. The molecule has 2 aromatic rings. The number of aromatic nitrogens is 2. The molecule has 72 valence electrons. The smallest absolute Gasteiger partial charge is 0.185 e. The highest BCUT2D eigenvalue weighted by Crippen LogP contribution is 2.20. The topological polar surface area (TPSA) is 34.9 Å². The first-order valence-electron chi connectivity index (χ1n) is 3.99. The molecule has 14 heavy (non-hydrogen) atoms. The minimum absolute atomic E-state index is 0.437. The maximum atomic E-state index is 10.6. The Kier molecular flexibility index (Phi) is 2.65. The minimum atomic E-state index is 0.437. The molecule has 0 N–H and O–H groups in total. The second-order valence-electron chi connectivity index (χ2n) is 2.79. The summed E-state index contributed by atoms with van der Waals surface area (Å²) >= 11 is 7.28. The quantitative estimate of drug-likeness (QED) is 0.754. The Morgan fingerprint density at radius 1 is 1.64 bits per heavy atom. The lowest BCUT2D eigenvalue weighted by Crippen LogP contribution is -2.02. The van der Waals surface area contributed by atoms with Gasteiger partial charge in [-0.05, 0) is 17.0 Å². The fourth-order valence-electron chi connectivity index (χ4n) is 1.20. The molecule has 0 aliphatic heterocycles. The number of thiophene rings is 1. The molecule has 0 aromatic carbocycles. The number of rotatable bonds is 3. The van der Waals surface area contributed by atoms with Gasteiger partial charge in [-0.25, -0.2) is 4.98 Å². The number of halogens is 1. The van der Waals surface area contributed by atoms with Crippen molar-refractivity contribution in [2.75, 3.05) is 0 Å². The van der Waals surface area contributed by atoms with E-state index in [9.17, 15) is 4.79 Å². The van der Waals surface area contributed by atoms with Crippen LogP contribution in [0.4, 0.5) is 0 Å². The maximum absolute atomic E-state index is 10.6. The third-order valence-corrected chi connectivity index (χ3v) is 2.97. The van der Waals surface area contributed by atoms with Gasteiger partial charge >= 0.3 is 0 Å². The van der Waals surface area contributed by atoms with Gasteiger partial charge in [0.25, 0.3) is 0 Å². The molecule has 5 heteroatoms. The average molecular weight is 227 g/mol. The molecule has 0 saturated carbocycles. The van der Waals surface area contributed by atoms with Crippen molar-refractivity contribution in [3.63, 3.8) is 0 Å². The molecule has 0 saturated heterocycles. The molecule has 0 spiro atoms. The Morgan fingerprint density at radius 2 is 2.50 bits per heavy atom. The highest BCUT2D eigenvalue weighted by atomic mass is 35.5. The summed E-state index contributed by atoms with van der Waals surface area (Å²) in [6.45, 7) is 0.636. The van der Waals surface area contributed by atoms with Gasteiger partial charge in [0.05, 0.1) is 10.9 Å². The van der Waals surface area contributed by atoms with Crippen molar-refractivity contribution in [1.29, 1.82) is 0 Å². The third-order valence-electron chi connectivity index (χ3n) is 1.83. The molecule has 2 rings (SSSR count). The first-order valence-corrected chi connectivity index (χ1v) is 5.24. The molecule has 0 unspecified atom stereocenters. The van der Waals surface area contributed by atoms with Crippen LogP contribution in [0.5, 0.6) is 0 Å². The Balaban J connectivity index is 2.22. The van der Waals surface area contributed by atoms with E-state index in [1.54, 1.807) is 17.0 Å². The molecular weight excluding hydrogens is 220 g/mol. The monoisotopic (exact) mass is 226 g/mol. The number of hydrogen-bond donors (Lipinski definition) is 0. The Hall–Kier alpha value is -1.13. The van der Waals surface area contributed by atoms with Gasteiger partial charge in [0, 0.05) is 12.4 Å². The molecule has 2 heterocycles. The van der Waals surface area contributed by atoms with E-state index in [1.807, 2.05) is 11.4 Å². The van der Waals surface area contributed by atoms with Crippen LogP contribution in [0.3, 0.4) is 0 Å². The third kappa shape index (κ3) is 1.86. The van der Waals surface area contributed by atoms with Gasteiger partial charge in [0.1, 0.15) is 0 Å². The van der Waals surface area contributed by atoms with E-state index >= 15 is 0 Å². The Morgan fingerprint density at radius 3 is 3.14 bits per heavy atom. The van der Waals surface area contributed by atoms with Gasteiger partial charge in [-0.1, -0.05) is 11.6 Å². The summed E-state index contributed by atoms with van der Waals surface area (Å²) in [5.74, 6) is 0.437. The van der Waals surface area contributed by atoms with E-state index in [0.29, 0.717) is 12.4 Å². The number of carbonyl (C=O) groups is 1. The first-order chi connectivity index (χ1) is 6.79. The van der Waals surface area contributed by atoms with Gasteiger partial charge in [-0.3, -0.25) is 4.79 Å². The zero-order chi connectivity index (χ0) is 9.97. The van der Waals surface area contributed by atoms with Crippen LogP contribution in [0.2, 0.25) is 4.34 Å². The van der Waals surface area contributed by atoms with Crippen molar-refractivity contribution in [3.05, 3.63) is 39.6 Å². The lowest BCUT2D eigenvalue weighted by molar-refractivity contribution is 0.111. The van der Waals surface area contributed by atoms with E-state index in [2.05, 4.69) is 4.98 Å². The van der Waals surface area contributed by atoms with Gasteiger partial charge in [-0.2, -0.15) is 0 Å². The molecular formula is C9H7ClN2OS. The Labute approximate surface area is 90.0 Å². The predicted octanol–water partition coefficient (Wildman–Crippen LogP) is 2.46. The number of hydrogen-bond acceptors (Lipinski definition) is 3. The average Bonchev–Trinajstić information content (AvgIpc) is 2.76. The zero-order valence-electron chi connectivity index (χ0n) is 7.18. The van der Waals surface area contributed by atoms with E-state index in [0.717, 1.165) is 16.2 Å². The van der Waals surface area contributed by atoms with Crippen LogP contribution in [0.25, 0.3) is 0 Å². The van der Waals surface area contributed by atoms with E-state index in [-0.39, 0.29) is 0 Å². The molecule has 0 bridgehead atoms. The summed E-state index contributed by atoms with van der Waals surface area (Å²) in [4.78, 5) is 14.5. The SMILES string of the molecule is O=Cc1nccn1Cc1csc(Cl)c1. The normalized spacial score (nSPS) is 10.4. The van der Waals surface area contributed by atoms with Crippen molar-refractivity contribution in [2.24, 2.45) is 0 Å². The van der Waals surface area contributed by atoms with Crippen LogP contribution in [-0.4, -0.2) is 15.8 Å². The van der Waals surface area contributed by atoms with E-state index in [1.165, 1.54) is 11.3 Å². The van der Waals surface area contributed by atoms with E-state index in [4.69, 9.17) is 11.6 Å². The second-order valence-corrected chi connectivity index (χ2v) is 4.33. The molecule has 0 atom stereocenters. The highest BCUT2D eigenvalue weighted by molar-refractivity contribution is 7.14. The van der Waals surface area contributed by atoms with Crippen molar-refractivity contribution < 1.29 is 4.79 Å². The first kappa shape index (κ1) is 9.43. The standard InChI is InChI=1S/C9H7ClN2OS/c10-8-3-7(6-14-8)4-12-2-1-11-9(12)5-13/h1-3,5-6H,4H2. The lowest BCUT2D eigenvalue weighted by atomic mass is 10.3. The van der Waals surface area contributed by atoms with Gasteiger partial charge in [0.15, 0.2) is 12.1 Å². The molecule has 0 aliphatic carbocycles. The molecule has 3 nitrogen and oxygen atoms in total. The molecule has 0 aliphatic rings. The van der Waals surface area contributed by atoms with Crippen LogP contribution in [0.15, 0.2) is 23.8 Å². The number of nitrogens with zero attached hydrogens (tertiary/aromatic N) is 2. The molecule has 0 radical (unpaired) electrons. The largest absolute Gasteiger partial charge is 0.324 e. The van der Waals surface area contributed by atoms with Crippen molar-refractivity contribution in [1.82, 2.24) is 9.55 Å². The van der Waals surface area contributed by atoms with Crippen LogP contribution < -0.4 is 0 Å². The van der Waals surface area contributed by atoms with Crippen LogP contribution in [-0.2, 0) is 6.54 Å². The van der Waals surface area contributed by atoms with Crippen molar-refractivity contribution in [2.45, 2.75) is 6.54 Å². The maximum Gasteiger partial charge on any atom is 0.185 e. The molecule has 0 fully saturated rings.